The van der Waals surface area contributed by atoms with Crippen LogP contribution in [0.15, 0.2) is 12.2 Å². The molecular weight excluding hydrogens is 278 g/mol. The molecule has 0 aromatic carbocycles. The Bertz CT molecular complexity index is 334. The van der Waals surface area contributed by atoms with Crippen molar-refractivity contribution in [3.8, 4) is 6.07 Å². The first-order valence-electron chi connectivity index (χ1n) is 8.56. The zero-order valence-electron chi connectivity index (χ0n) is 14.1. The molecule has 0 rings (SSSR count). The van der Waals surface area contributed by atoms with Crippen LogP contribution in [0.1, 0.15) is 71.1 Å². The fourth-order valence-corrected chi connectivity index (χ4v) is 2.12. The molecule has 4 nitrogen and oxygen atoms in total. The number of ether oxygens (including phenoxy) is 2. The molecular formula is C18H31NO3. The zero-order chi connectivity index (χ0) is 16.5. The minimum absolute atomic E-state index is 0.172. The fourth-order valence-electron chi connectivity index (χ4n) is 2.12. The van der Waals surface area contributed by atoms with E-state index in [0.717, 1.165) is 6.42 Å². The fraction of sp³-hybridized carbons (Fsp3) is 0.778. The molecule has 0 amide bonds. The van der Waals surface area contributed by atoms with E-state index < -0.39 is 5.97 Å². The summed E-state index contributed by atoms with van der Waals surface area (Å²) < 4.78 is 10.2. The van der Waals surface area contributed by atoms with E-state index in [-0.39, 0.29) is 12.2 Å². The molecule has 0 spiro atoms. The summed E-state index contributed by atoms with van der Waals surface area (Å²) in [4.78, 5) is 11.1. The van der Waals surface area contributed by atoms with Gasteiger partial charge in [0.05, 0.1) is 6.61 Å². The standard InChI is InChI=1S/C18H31NO3/c1-3-4-5-6-7-8-9-10-11-12-13-21-14-15-22-18(20)17(2)16-19/h2-15H2,1H3. The zero-order valence-corrected chi connectivity index (χ0v) is 14.1. The van der Waals surface area contributed by atoms with Crippen LogP contribution < -0.4 is 0 Å². The van der Waals surface area contributed by atoms with Crippen LogP contribution in [0, 0.1) is 11.3 Å². The van der Waals surface area contributed by atoms with Gasteiger partial charge in [0.15, 0.2) is 0 Å². The highest BCUT2D eigenvalue weighted by Crippen LogP contribution is 2.10. The van der Waals surface area contributed by atoms with Crippen molar-refractivity contribution >= 4 is 5.97 Å². The van der Waals surface area contributed by atoms with Crippen LogP contribution >= 0.6 is 0 Å². The van der Waals surface area contributed by atoms with Crippen molar-refractivity contribution in [2.45, 2.75) is 71.1 Å². The first-order valence-corrected chi connectivity index (χ1v) is 8.56. The Kier molecular flexibility index (Phi) is 15.1. The molecule has 0 unspecified atom stereocenters. The molecule has 0 bridgehead atoms. The second-order valence-corrected chi connectivity index (χ2v) is 5.52. The maximum atomic E-state index is 11.1. The molecule has 0 saturated carbocycles. The molecule has 0 atom stereocenters. The van der Waals surface area contributed by atoms with E-state index in [1.807, 2.05) is 0 Å². The van der Waals surface area contributed by atoms with Gasteiger partial charge in [-0.3, -0.25) is 0 Å². The van der Waals surface area contributed by atoms with Gasteiger partial charge in [0.1, 0.15) is 18.2 Å². The van der Waals surface area contributed by atoms with Gasteiger partial charge < -0.3 is 9.47 Å². The van der Waals surface area contributed by atoms with Crippen molar-refractivity contribution in [3.63, 3.8) is 0 Å². The highest BCUT2D eigenvalue weighted by Gasteiger charge is 2.06. The number of unbranched alkanes of at least 4 members (excludes halogenated alkanes) is 9. The first kappa shape index (κ1) is 20.7. The van der Waals surface area contributed by atoms with Crippen LogP contribution in [0.4, 0.5) is 0 Å². The molecule has 0 fully saturated rings. The summed E-state index contributed by atoms with van der Waals surface area (Å²) in [7, 11) is 0. The number of hydrogen-bond acceptors (Lipinski definition) is 4. The minimum Gasteiger partial charge on any atom is -0.459 e. The smallest absolute Gasteiger partial charge is 0.348 e. The lowest BCUT2D eigenvalue weighted by molar-refractivity contribution is -0.140. The maximum absolute atomic E-state index is 11.1. The molecule has 4 heteroatoms. The molecule has 0 aromatic rings. The number of nitriles is 1. The Morgan fingerprint density at radius 3 is 2.00 bits per heavy atom. The summed E-state index contributed by atoms with van der Waals surface area (Å²) in [5.41, 5.74) is -0.172. The van der Waals surface area contributed by atoms with Crippen LogP contribution in [0.25, 0.3) is 0 Å². The van der Waals surface area contributed by atoms with Gasteiger partial charge in [0, 0.05) is 6.61 Å². The Hall–Kier alpha value is -1.34. The Morgan fingerprint density at radius 1 is 0.909 bits per heavy atom. The second kappa shape index (κ2) is 16.0. The largest absolute Gasteiger partial charge is 0.459 e. The van der Waals surface area contributed by atoms with Crippen molar-refractivity contribution in [1.82, 2.24) is 0 Å². The Morgan fingerprint density at radius 2 is 1.45 bits per heavy atom. The van der Waals surface area contributed by atoms with Gasteiger partial charge in [0.2, 0.25) is 0 Å². The number of esters is 1. The summed E-state index contributed by atoms with van der Waals surface area (Å²) >= 11 is 0. The number of nitrogens with zero attached hydrogens (tertiary/aromatic N) is 1. The molecule has 0 aliphatic rings. The minimum atomic E-state index is -0.662. The number of rotatable bonds is 15. The number of hydrogen-bond donors (Lipinski definition) is 0. The lowest BCUT2D eigenvalue weighted by Crippen LogP contribution is -2.11. The maximum Gasteiger partial charge on any atom is 0.348 e. The lowest BCUT2D eigenvalue weighted by Gasteiger charge is -2.05. The van der Waals surface area contributed by atoms with Gasteiger partial charge in [-0.15, -0.1) is 0 Å². The van der Waals surface area contributed by atoms with Crippen molar-refractivity contribution in [2.24, 2.45) is 0 Å². The van der Waals surface area contributed by atoms with E-state index in [1.165, 1.54) is 57.8 Å². The predicted molar refractivity (Wildman–Crippen MR) is 88.4 cm³/mol. The molecule has 0 radical (unpaired) electrons. The van der Waals surface area contributed by atoms with E-state index in [1.54, 1.807) is 6.07 Å². The summed E-state index contributed by atoms with van der Waals surface area (Å²) in [6.07, 6.45) is 13.0. The summed E-state index contributed by atoms with van der Waals surface area (Å²) in [6, 6.07) is 1.65. The highest BCUT2D eigenvalue weighted by atomic mass is 16.6. The van der Waals surface area contributed by atoms with E-state index in [0.29, 0.717) is 13.2 Å². The van der Waals surface area contributed by atoms with Gasteiger partial charge in [0.25, 0.3) is 0 Å². The molecule has 0 aromatic heterocycles. The average molecular weight is 309 g/mol. The Balaban J connectivity index is 3.13. The van der Waals surface area contributed by atoms with Crippen molar-refractivity contribution in [1.29, 1.82) is 5.26 Å². The molecule has 22 heavy (non-hydrogen) atoms. The number of carbonyl (C=O) groups excluding carboxylic acids is 1. The van der Waals surface area contributed by atoms with Gasteiger partial charge in [-0.05, 0) is 6.42 Å². The van der Waals surface area contributed by atoms with Crippen LogP contribution in [0.5, 0.6) is 0 Å². The summed E-state index contributed by atoms with van der Waals surface area (Å²) in [5, 5.41) is 8.44. The second-order valence-electron chi connectivity index (χ2n) is 5.52. The SMILES string of the molecule is C=C(C#N)C(=O)OCCOCCCCCCCCCCCC. The number of carbonyl (C=O) groups is 1. The molecule has 126 valence electrons. The van der Waals surface area contributed by atoms with E-state index in [4.69, 9.17) is 14.7 Å². The topological polar surface area (TPSA) is 59.3 Å². The van der Waals surface area contributed by atoms with Crippen molar-refractivity contribution < 1.29 is 14.3 Å². The summed E-state index contributed by atoms with van der Waals surface area (Å²) in [6.45, 7) is 6.78. The quantitative estimate of drug-likeness (QED) is 0.193. The third-order valence-electron chi connectivity index (χ3n) is 3.48. The van der Waals surface area contributed by atoms with Gasteiger partial charge in [-0.25, -0.2) is 4.79 Å². The van der Waals surface area contributed by atoms with Gasteiger partial charge in [-0.1, -0.05) is 71.3 Å². The molecule has 0 N–H and O–H groups in total. The molecule has 0 heterocycles. The van der Waals surface area contributed by atoms with Gasteiger partial charge in [-0.2, -0.15) is 5.26 Å². The van der Waals surface area contributed by atoms with Crippen molar-refractivity contribution in [3.05, 3.63) is 12.2 Å². The lowest BCUT2D eigenvalue weighted by atomic mass is 10.1. The van der Waals surface area contributed by atoms with Gasteiger partial charge >= 0.3 is 5.97 Å². The van der Waals surface area contributed by atoms with Crippen molar-refractivity contribution in [2.75, 3.05) is 19.8 Å². The highest BCUT2D eigenvalue weighted by molar-refractivity contribution is 5.91. The third kappa shape index (κ3) is 13.6. The third-order valence-corrected chi connectivity index (χ3v) is 3.48. The first-order chi connectivity index (χ1) is 10.7. The van der Waals surface area contributed by atoms with E-state index in [9.17, 15) is 4.79 Å². The van der Waals surface area contributed by atoms with E-state index >= 15 is 0 Å². The van der Waals surface area contributed by atoms with E-state index in [2.05, 4.69) is 13.5 Å². The van der Waals surface area contributed by atoms with Crippen LogP contribution in [0.2, 0.25) is 0 Å². The summed E-state index contributed by atoms with van der Waals surface area (Å²) in [5.74, 6) is -0.662. The molecule has 0 aliphatic heterocycles. The molecule has 0 aliphatic carbocycles. The van der Waals surface area contributed by atoms with Crippen LogP contribution in [-0.2, 0) is 14.3 Å². The normalized spacial score (nSPS) is 10.2. The molecule has 0 saturated heterocycles. The average Bonchev–Trinajstić information content (AvgIpc) is 2.54. The monoisotopic (exact) mass is 309 g/mol. The van der Waals surface area contributed by atoms with Crippen LogP contribution in [0.3, 0.4) is 0 Å². The Labute approximate surface area is 135 Å². The predicted octanol–water partition coefficient (Wildman–Crippen LogP) is 4.55. The van der Waals surface area contributed by atoms with Crippen LogP contribution in [-0.4, -0.2) is 25.8 Å².